The number of ether oxygens (including phenoxy) is 2. The molecule has 3 saturated carbocycles. The lowest BCUT2D eigenvalue weighted by molar-refractivity contribution is 0.0814. The Kier molecular flexibility index (Phi) is 9.28. The van der Waals surface area contributed by atoms with E-state index in [4.69, 9.17) is 9.47 Å². The van der Waals surface area contributed by atoms with Crippen molar-refractivity contribution in [2.45, 2.75) is 120 Å². The molecule has 3 aliphatic rings. The molecule has 0 radical (unpaired) electrons. The minimum Gasteiger partial charge on any atom is -0.745 e. The van der Waals surface area contributed by atoms with Crippen molar-refractivity contribution in [1.82, 2.24) is 0 Å². The first-order chi connectivity index (χ1) is 18.9. The number of rotatable bonds is 7. The lowest BCUT2D eigenvalue weighted by atomic mass is 9.75. The smallest absolute Gasteiger partial charge is 0.515 e. The number of hydrogen-bond donors (Lipinski definition) is 0. The highest BCUT2D eigenvalue weighted by Gasteiger charge is 2.31. The van der Waals surface area contributed by atoms with Crippen LogP contribution in [0.4, 0.5) is 4.79 Å². The Morgan fingerprint density at radius 3 is 1.64 bits per heavy atom. The van der Waals surface area contributed by atoms with Gasteiger partial charge in [-0.1, -0.05) is 100 Å². The molecule has 0 amide bonds. The second kappa shape index (κ2) is 12.9. The lowest BCUT2D eigenvalue weighted by Gasteiger charge is -2.32. The van der Waals surface area contributed by atoms with Crippen LogP contribution >= 0.6 is 0 Å². The van der Waals surface area contributed by atoms with E-state index < -0.39 is 21.7 Å². The summed E-state index contributed by atoms with van der Waals surface area (Å²) in [6, 6.07) is 12.4. The predicted molar refractivity (Wildman–Crippen MR) is 150 cm³/mol. The zero-order chi connectivity index (χ0) is 27.2. The Morgan fingerprint density at radius 2 is 1.18 bits per heavy atom. The van der Waals surface area contributed by atoms with Crippen LogP contribution in [0.3, 0.4) is 0 Å². The fourth-order valence-corrected chi connectivity index (χ4v) is 7.71. The molecular formula is C32H41O6S-. The molecular weight excluding hydrogens is 512 g/mol. The van der Waals surface area contributed by atoms with E-state index in [9.17, 15) is 17.8 Å². The van der Waals surface area contributed by atoms with Crippen LogP contribution in [0, 0.1) is 0 Å². The summed E-state index contributed by atoms with van der Waals surface area (Å²) in [4.78, 5) is 13.3. The summed E-state index contributed by atoms with van der Waals surface area (Å²) < 4.78 is 47.5. The van der Waals surface area contributed by atoms with Crippen molar-refractivity contribution < 1.29 is 27.2 Å². The molecule has 5 rings (SSSR count). The van der Waals surface area contributed by atoms with E-state index in [-0.39, 0.29) is 5.56 Å². The van der Waals surface area contributed by atoms with Gasteiger partial charge in [0, 0.05) is 5.56 Å². The van der Waals surface area contributed by atoms with Crippen molar-refractivity contribution in [3.63, 3.8) is 0 Å². The van der Waals surface area contributed by atoms with E-state index in [0.29, 0.717) is 23.5 Å². The first-order valence-corrected chi connectivity index (χ1v) is 16.4. The zero-order valence-electron chi connectivity index (χ0n) is 22.8. The van der Waals surface area contributed by atoms with E-state index in [1.54, 1.807) is 18.2 Å². The van der Waals surface area contributed by atoms with Crippen LogP contribution in [0.25, 0.3) is 0 Å². The topological polar surface area (TPSA) is 92.7 Å². The summed E-state index contributed by atoms with van der Waals surface area (Å²) in [5.41, 5.74) is 1.65. The number of carbonyl (C=O) groups excluding carboxylic acids is 1. The highest BCUT2D eigenvalue weighted by molar-refractivity contribution is 7.85. The van der Waals surface area contributed by atoms with Gasteiger partial charge in [0.2, 0.25) is 5.44 Å². The van der Waals surface area contributed by atoms with E-state index in [0.717, 1.165) is 62.5 Å². The molecule has 0 spiro atoms. The summed E-state index contributed by atoms with van der Waals surface area (Å²) in [6.07, 6.45) is 16.2. The SMILES string of the molecule is O=C(Oc1c(C2CCCCC2)cc(C2CCCCC2)cc1C1CCCCC1)OC(c1ccccc1)S(=O)(=O)[O-]. The first-order valence-electron chi connectivity index (χ1n) is 15.0. The molecule has 1 unspecified atom stereocenters. The number of benzene rings is 2. The largest absolute Gasteiger partial charge is 0.745 e. The van der Waals surface area contributed by atoms with Crippen molar-refractivity contribution in [2.75, 3.05) is 0 Å². The second-order valence-electron chi connectivity index (χ2n) is 11.7. The highest BCUT2D eigenvalue weighted by Crippen LogP contribution is 2.47. The fraction of sp³-hybridized carbons (Fsp3) is 0.594. The van der Waals surface area contributed by atoms with Gasteiger partial charge in [0.1, 0.15) is 15.9 Å². The summed E-state index contributed by atoms with van der Waals surface area (Å²) in [6.45, 7) is 0. The first kappa shape index (κ1) is 28.2. The van der Waals surface area contributed by atoms with E-state index in [1.807, 2.05) is 0 Å². The molecule has 3 aliphatic carbocycles. The Bertz CT molecular complexity index is 1170. The Labute approximate surface area is 233 Å². The Morgan fingerprint density at radius 1 is 0.718 bits per heavy atom. The number of carbonyl (C=O) groups is 1. The minimum atomic E-state index is -4.96. The lowest BCUT2D eigenvalue weighted by Crippen LogP contribution is -2.23. The molecule has 1 atom stereocenters. The Hall–Kier alpha value is -2.38. The fourth-order valence-electron chi connectivity index (χ4n) is 7.02. The molecule has 7 heteroatoms. The third kappa shape index (κ3) is 7.04. The molecule has 0 bridgehead atoms. The van der Waals surface area contributed by atoms with Gasteiger partial charge < -0.3 is 14.0 Å². The van der Waals surface area contributed by atoms with Gasteiger partial charge in [-0.15, -0.1) is 0 Å². The van der Waals surface area contributed by atoms with Crippen molar-refractivity contribution in [2.24, 2.45) is 0 Å². The second-order valence-corrected chi connectivity index (χ2v) is 13.2. The van der Waals surface area contributed by atoms with Crippen molar-refractivity contribution >= 4 is 16.3 Å². The van der Waals surface area contributed by atoms with Crippen molar-refractivity contribution in [1.29, 1.82) is 0 Å². The quantitative estimate of drug-likeness (QED) is 0.194. The van der Waals surface area contributed by atoms with Gasteiger partial charge in [-0.2, -0.15) is 0 Å². The minimum absolute atomic E-state index is 0.108. The zero-order valence-corrected chi connectivity index (χ0v) is 23.6. The Balaban J connectivity index is 1.53. The number of hydrogen-bond acceptors (Lipinski definition) is 6. The van der Waals surface area contributed by atoms with Crippen molar-refractivity contribution in [3.8, 4) is 5.75 Å². The van der Waals surface area contributed by atoms with Gasteiger partial charge in [-0.25, -0.2) is 13.2 Å². The van der Waals surface area contributed by atoms with Gasteiger partial charge in [0.25, 0.3) is 0 Å². The van der Waals surface area contributed by atoms with Gasteiger partial charge >= 0.3 is 6.16 Å². The van der Waals surface area contributed by atoms with Crippen molar-refractivity contribution in [3.05, 3.63) is 64.7 Å². The van der Waals surface area contributed by atoms with Gasteiger partial charge in [0.15, 0.2) is 0 Å². The monoisotopic (exact) mass is 553 g/mol. The summed E-state index contributed by atoms with van der Waals surface area (Å²) in [5, 5.41) is 0. The highest BCUT2D eigenvalue weighted by atomic mass is 32.2. The van der Waals surface area contributed by atoms with E-state index in [2.05, 4.69) is 12.1 Å². The van der Waals surface area contributed by atoms with Gasteiger partial charge in [0.05, 0.1) is 0 Å². The van der Waals surface area contributed by atoms with Gasteiger partial charge in [-0.05, 0) is 73.0 Å². The van der Waals surface area contributed by atoms with Crippen LogP contribution in [-0.2, 0) is 14.9 Å². The molecule has 0 aromatic heterocycles. The average molecular weight is 554 g/mol. The van der Waals surface area contributed by atoms with Crippen LogP contribution in [0.15, 0.2) is 42.5 Å². The standard InChI is InChI=1S/C32H42O6S/c33-32(38-31(39(34,35)36)26-19-11-4-12-20-26)37-30-28(24-15-7-2-8-16-24)21-27(23-13-5-1-6-14-23)22-29(30)25-17-9-3-10-18-25/h4,11-12,19-25,31H,1-3,5-10,13-18H2,(H,34,35,36)/p-1. The van der Waals surface area contributed by atoms with Crippen LogP contribution < -0.4 is 4.74 Å². The maximum absolute atomic E-state index is 13.3. The van der Waals surface area contributed by atoms with Crippen LogP contribution in [-0.4, -0.2) is 19.1 Å². The molecule has 3 fully saturated rings. The average Bonchev–Trinajstić information content (AvgIpc) is 2.97. The molecule has 0 aliphatic heterocycles. The molecule has 2 aromatic rings. The predicted octanol–water partition coefficient (Wildman–Crippen LogP) is 8.59. The molecule has 0 N–H and O–H groups in total. The third-order valence-corrected chi connectivity index (χ3v) is 9.95. The normalized spacial score (nSPS) is 20.8. The molecule has 2 aromatic carbocycles. The molecule has 0 saturated heterocycles. The van der Waals surface area contributed by atoms with Crippen LogP contribution in [0.5, 0.6) is 5.75 Å². The summed E-state index contributed by atoms with van der Waals surface area (Å²) in [5.74, 6) is 1.66. The third-order valence-electron chi connectivity index (χ3n) is 9.06. The summed E-state index contributed by atoms with van der Waals surface area (Å²) >= 11 is 0. The van der Waals surface area contributed by atoms with E-state index >= 15 is 0 Å². The van der Waals surface area contributed by atoms with Gasteiger partial charge in [-0.3, -0.25) is 0 Å². The maximum Gasteiger partial charge on any atom is 0.515 e. The maximum atomic E-state index is 13.3. The molecule has 6 nitrogen and oxygen atoms in total. The van der Waals surface area contributed by atoms with Crippen LogP contribution in [0.1, 0.15) is 142 Å². The summed E-state index contributed by atoms with van der Waals surface area (Å²) in [7, 11) is -4.96. The van der Waals surface area contributed by atoms with Crippen LogP contribution in [0.2, 0.25) is 0 Å². The molecule has 212 valence electrons. The van der Waals surface area contributed by atoms with E-state index in [1.165, 1.54) is 62.6 Å². The molecule has 39 heavy (non-hydrogen) atoms. The molecule has 0 heterocycles.